The number of nitriles is 1. The van der Waals surface area contributed by atoms with E-state index in [0.717, 1.165) is 65.5 Å². The van der Waals surface area contributed by atoms with Gasteiger partial charge in [0, 0.05) is 48.9 Å². The van der Waals surface area contributed by atoms with Crippen LogP contribution in [0.1, 0.15) is 37.3 Å². The lowest BCUT2D eigenvalue weighted by atomic mass is 9.90. The number of hydrogen-bond acceptors (Lipinski definition) is 10. The van der Waals surface area contributed by atoms with E-state index in [-0.39, 0.29) is 0 Å². The third-order valence-corrected chi connectivity index (χ3v) is 9.85. The SMILES string of the molecule is CN1CCN(C2CCC(n3ncc4c(N)nc(-c5ccc(Oc6cccc(Sc7ccccn7)c6C#N)cc5)nc43)CC2)CC1. The average molecular weight is 618 g/mol. The fourth-order valence-electron chi connectivity index (χ4n) is 6.31. The lowest BCUT2D eigenvalue weighted by Gasteiger charge is -2.41. The molecular formula is C34H35N9OS. The van der Waals surface area contributed by atoms with Crippen LogP contribution < -0.4 is 10.5 Å². The van der Waals surface area contributed by atoms with Crippen LogP contribution in [0.4, 0.5) is 5.82 Å². The third-order valence-electron chi connectivity index (χ3n) is 8.84. The highest BCUT2D eigenvalue weighted by atomic mass is 32.2. The van der Waals surface area contributed by atoms with Crippen LogP contribution in [0.5, 0.6) is 11.5 Å². The van der Waals surface area contributed by atoms with Gasteiger partial charge in [-0.2, -0.15) is 10.4 Å². The third kappa shape index (κ3) is 6.22. The van der Waals surface area contributed by atoms with Crippen LogP contribution in [0, 0.1) is 11.3 Å². The van der Waals surface area contributed by atoms with Crippen molar-refractivity contribution >= 4 is 28.6 Å². The molecule has 2 aromatic carbocycles. The molecule has 2 fully saturated rings. The fraction of sp³-hybridized carbons (Fsp3) is 0.324. The van der Waals surface area contributed by atoms with E-state index in [1.165, 1.54) is 24.6 Å². The van der Waals surface area contributed by atoms with Crippen LogP contribution in [0.15, 0.2) is 83.0 Å². The molecule has 0 amide bonds. The first-order valence-electron chi connectivity index (χ1n) is 15.4. The Labute approximate surface area is 266 Å². The molecule has 0 atom stereocenters. The second-order valence-corrected chi connectivity index (χ2v) is 12.8. The molecule has 0 unspecified atom stereocenters. The number of anilines is 1. The maximum Gasteiger partial charge on any atom is 0.164 e. The summed E-state index contributed by atoms with van der Waals surface area (Å²) in [6, 6.07) is 22.1. The van der Waals surface area contributed by atoms with Crippen LogP contribution in [0.3, 0.4) is 0 Å². The van der Waals surface area contributed by atoms with Crippen molar-refractivity contribution in [3.63, 3.8) is 0 Å². The highest BCUT2D eigenvalue weighted by Gasteiger charge is 2.30. The fourth-order valence-corrected chi connectivity index (χ4v) is 7.19. The Morgan fingerprint density at radius 1 is 0.911 bits per heavy atom. The van der Waals surface area contributed by atoms with Crippen LogP contribution >= 0.6 is 11.8 Å². The van der Waals surface area contributed by atoms with Gasteiger partial charge in [-0.3, -0.25) is 4.90 Å². The normalized spacial score (nSPS) is 19.4. The molecule has 5 aromatic rings. The highest BCUT2D eigenvalue weighted by molar-refractivity contribution is 7.99. The number of fused-ring (bicyclic) bond motifs is 1. The summed E-state index contributed by atoms with van der Waals surface area (Å²) < 4.78 is 8.23. The quantitative estimate of drug-likeness (QED) is 0.232. The zero-order valence-corrected chi connectivity index (χ0v) is 26.0. The summed E-state index contributed by atoms with van der Waals surface area (Å²) in [5, 5.41) is 16.3. The van der Waals surface area contributed by atoms with E-state index in [1.54, 1.807) is 18.5 Å². The summed E-state index contributed by atoms with van der Waals surface area (Å²) in [4.78, 5) is 19.8. The van der Waals surface area contributed by atoms with Crippen LogP contribution in [0.2, 0.25) is 0 Å². The molecule has 228 valence electrons. The van der Waals surface area contributed by atoms with E-state index >= 15 is 0 Å². The van der Waals surface area contributed by atoms with Gasteiger partial charge in [0.1, 0.15) is 34.0 Å². The molecule has 1 saturated carbocycles. The number of nitrogen functional groups attached to an aromatic ring is 1. The maximum atomic E-state index is 9.94. The Hall–Kier alpha value is -4.50. The first-order chi connectivity index (χ1) is 22.1. The summed E-state index contributed by atoms with van der Waals surface area (Å²) in [7, 11) is 2.21. The number of hydrogen-bond donors (Lipinski definition) is 1. The molecule has 11 heteroatoms. The lowest BCUT2D eigenvalue weighted by molar-refractivity contribution is 0.0815. The Morgan fingerprint density at radius 2 is 1.69 bits per heavy atom. The minimum absolute atomic E-state index is 0.296. The Balaban J connectivity index is 1.07. The summed E-state index contributed by atoms with van der Waals surface area (Å²) in [5.41, 5.74) is 8.49. The smallest absolute Gasteiger partial charge is 0.164 e. The summed E-state index contributed by atoms with van der Waals surface area (Å²) >= 11 is 1.43. The van der Waals surface area contributed by atoms with Crippen LogP contribution in [-0.4, -0.2) is 73.8 Å². The van der Waals surface area contributed by atoms with E-state index in [0.29, 0.717) is 40.8 Å². The first-order valence-corrected chi connectivity index (χ1v) is 16.2. The lowest BCUT2D eigenvalue weighted by Crippen LogP contribution is -2.49. The van der Waals surface area contributed by atoms with E-state index in [9.17, 15) is 5.26 Å². The van der Waals surface area contributed by atoms with Crippen molar-refractivity contribution in [3.8, 4) is 29.0 Å². The maximum absolute atomic E-state index is 9.94. The molecule has 1 saturated heterocycles. The zero-order chi connectivity index (χ0) is 30.8. The van der Waals surface area contributed by atoms with Gasteiger partial charge < -0.3 is 15.4 Å². The van der Waals surface area contributed by atoms with Crippen LogP contribution in [0.25, 0.3) is 22.4 Å². The molecule has 10 nitrogen and oxygen atoms in total. The number of aromatic nitrogens is 5. The standard InChI is InChI=1S/C34H35N9OS/c1-41-17-19-42(20-18-41)24-10-12-25(13-11-24)43-34-28(22-38-43)32(36)39-33(40-34)23-8-14-26(15-9-23)44-29-5-4-6-30(27(29)21-35)45-31-7-2-3-16-37-31/h2-9,14-16,22,24-25H,10-13,17-20H2,1H3,(H2,36,39,40). The van der Waals surface area contributed by atoms with Gasteiger partial charge in [-0.1, -0.05) is 23.9 Å². The van der Waals surface area contributed by atoms with Gasteiger partial charge in [0.25, 0.3) is 0 Å². The number of rotatable bonds is 7. The molecule has 0 radical (unpaired) electrons. The van der Waals surface area contributed by atoms with E-state index in [2.05, 4.69) is 37.6 Å². The van der Waals surface area contributed by atoms with Crippen molar-refractivity contribution < 1.29 is 4.74 Å². The van der Waals surface area contributed by atoms with Crippen molar-refractivity contribution in [3.05, 3.63) is 78.6 Å². The number of ether oxygens (including phenoxy) is 1. The average Bonchev–Trinajstić information content (AvgIpc) is 3.51. The zero-order valence-electron chi connectivity index (χ0n) is 25.2. The summed E-state index contributed by atoms with van der Waals surface area (Å²) in [6.07, 6.45) is 8.02. The van der Waals surface area contributed by atoms with Gasteiger partial charge in [0.05, 0.1) is 17.6 Å². The van der Waals surface area contributed by atoms with Gasteiger partial charge >= 0.3 is 0 Å². The van der Waals surface area contributed by atoms with E-state index in [4.69, 9.17) is 20.6 Å². The second-order valence-electron chi connectivity index (χ2n) is 11.7. The van der Waals surface area contributed by atoms with E-state index in [1.807, 2.05) is 54.6 Å². The first kappa shape index (κ1) is 29.2. The topological polar surface area (TPSA) is 122 Å². The summed E-state index contributed by atoms with van der Waals surface area (Å²) in [6.45, 7) is 4.61. The Morgan fingerprint density at radius 3 is 2.42 bits per heavy atom. The Kier molecular flexibility index (Phi) is 8.35. The molecule has 1 aliphatic carbocycles. The van der Waals surface area contributed by atoms with Gasteiger partial charge in [-0.15, -0.1) is 0 Å². The molecule has 1 aliphatic heterocycles. The molecule has 2 aliphatic rings. The minimum Gasteiger partial charge on any atom is -0.456 e. The molecule has 0 spiro atoms. The van der Waals surface area contributed by atoms with Gasteiger partial charge in [0.15, 0.2) is 11.5 Å². The predicted molar refractivity (Wildman–Crippen MR) is 175 cm³/mol. The number of benzene rings is 2. The van der Waals surface area contributed by atoms with E-state index < -0.39 is 0 Å². The molecular weight excluding hydrogens is 583 g/mol. The second kappa shape index (κ2) is 12.9. The minimum atomic E-state index is 0.296. The number of nitrogens with zero attached hydrogens (tertiary/aromatic N) is 8. The Bertz CT molecular complexity index is 1820. The van der Waals surface area contributed by atoms with Crippen molar-refractivity contribution in [2.45, 2.75) is 47.7 Å². The van der Waals surface area contributed by atoms with Crippen molar-refractivity contribution in [2.75, 3.05) is 39.0 Å². The molecule has 45 heavy (non-hydrogen) atoms. The molecule has 4 heterocycles. The van der Waals surface area contributed by atoms with Crippen molar-refractivity contribution in [2.24, 2.45) is 0 Å². The van der Waals surface area contributed by atoms with Crippen molar-refractivity contribution in [1.82, 2.24) is 34.5 Å². The highest BCUT2D eigenvalue weighted by Crippen LogP contribution is 2.37. The van der Waals surface area contributed by atoms with Gasteiger partial charge in [0.2, 0.25) is 0 Å². The number of likely N-dealkylation sites (N-methyl/N-ethyl adjacent to an activating group) is 1. The number of piperazine rings is 1. The van der Waals surface area contributed by atoms with Gasteiger partial charge in [-0.25, -0.2) is 19.6 Å². The van der Waals surface area contributed by atoms with Crippen LogP contribution in [-0.2, 0) is 0 Å². The monoisotopic (exact) mass is 617 g/mol. The van der Waals surface area contributed by atoms with Gasteiger partial charge in [-0.05, 0) is 81.3 Å². The molecule has 0 bridgehead atoms. The number of pyridine rings is 1. The molecule has 3 aromatic heterocycles. The van der Waals surface area contributed by atoms with Crippen molar-refractivity contribution in [1.29, 1.82) is 5.26 Å². The molecule has 7 rings (SSSR count). The molecule has 2 N–H and O–H groups in total. The predicted octanol–water partition coefficient (Wildman–Crippen LogP) is 6.02. The largest absolute Gasteiger partial charge is 0.456 e. The number of nitrogens with two attached hydrogens (primary N) is 1. The summed E-state index contributed by atoms with van der Waals surface area (Å²) in [5.74, 6) is 2.06.